The molecule has 0 aliphatic carbocycles. The van der Waals surface area contributed by atoms with Gasteiger partial charge in [0.1, 0.15) is 11.2 Å². The molecule has 4 aromatic rings. The summed E-state index contributed by atoms with van der Waals surface area (Å²) in [6, 6.07) is 7.12. The van der Waals surface area contributed by atoms with Crippen molar-refractivity contribution in [2.75, 3.05) is 7.11 Å². The van der Waals surface area contributed by atoms with E-state index in [0.717, 1.165) is 12.3 Å². The molecule has 0 bridgehead atoms. The summed E-state index contributed by atoms with van der Waals surface area (Å²) >= 11 is 0. The monoisotopic (exact) mass is 414 g/mol. The van der Waals surface area contributed by atoms with Crippen LogP contribution in [-0.2, 0) is 6.18 Å². The van der Waals surface area contributed by atoms with Gasteiger partial charge in [-0.3, -0.25) is 14.3 Å². The van der Waals surface area contributed by atoms with Crippen LogP contribution in [0.1, 0.15) is 15.9 Å². The minimum absolute atomic E-state index is 0.0245. The third-order valence-corrected chi connectivity index (χ3v) is 4.29. The quantitative estimate of drug-likeness (QED) is 0.550. The number of carbonyl (C=O) groups is 1. The summed E-state index contributed by atoms with van der Waals surface area (Å²) in [6.45, 7) is 0. The second-order valence-corrected chi connectivity index (χ2v) is 6.19. The van der Waals surface area contributed by atoms with Crippen LogP contribution in [0.15, 0.2) is 48.9 Å². The molecule has 4 aromatic heterocycles. The molecule has 0 aliphatic heterocycles. The van der Waals surface area contributed by atoms with E-state index in [1.807, 2.05) is 0 Å². The number of nitrogens with zero attached hydrogens (tertiary/aromatic N) is 5. The number of hydrogen-bond donors (Lipinski definition) is 1. The number of fused-ring (bicyclic) bond motifs is 1. The van der Waals surface area contributed by atoms with Crippen LogP contribution in [0.25, 0.3) is 28.4 Å². The van der Waals surface area contributed by atoms with E-state index in [4.69, 9.17) is 10.5 Å². The molecule has 152 valence electrons. The predicted molar refractivity (Wildman–Crippen MR) is 100.0 cm³/mol. The summed E-state index contributed by atoms with van der Waals surface area (Å²) < 4.78 is 45.9. The SMILES string of the molecule is COc1ccc(-n2c(-c3ccc(C(N)=O)cn3)nc3cc(C(F)(F)F)cnc32)cn1. The van der Waals surface area contributed by atoms with Crippen LogP contribution in [0, 0.1) is 0 Å². The molecule has 11 heteroatoms. The van der Waals surface area contributed by atoms with Gasteiger partial charge in [0.05, 0.1) is 30.1 Å². The lowest BCUT2D eigenvalue weighted by Crippen LogP contribution is -2.11. The van der Waals surface area contributed by atoms with E-state index >= 15 is 0 Å². The van der Waals surface area contributed by atoms with Gasteiger partial charge in [-0.1, -0.05) is 0 Å². The molecular weight excluding hydrogens is 401 g/mol. The number of rotatable bonds is 4. The zero-order chi connectivity index (χ0) is 21.5. The molecular formula is C19H13F3N6O2. The Hall–Kier alpha value is -4.02. The number of alkyl halides is 3. The Bertz CT molecular complexity index is 1230. The Kier molecular flexibility index (Phi) is 4.57. The fourth-order valence-electron chi connectivity index (χ4n) is 2.83. The van der Waals surface area contributed by atoms with Crippen molar-refractivity contribution in [1.82, 2.24) is 24.5 Å². The van der Waals surface area contributed by atoms with Gasteiger partial charge in [-0.05, 0) is 24.3 Å². The average Bonchev–Trinajstić information content (AvgIpc) is 3.12. The molecule has 1 amide bonds. The van der Waals surface area contributed by atoms with Crippen molar-refractivity contribution < 1.29 is 22.7 Å². The van der Waals surface area contributed by atoms with E-state index in [1.165, 1.54) is 36.2 Å². The molecule has 0 atom stereocenters. The maximum absolute atomic E-state index is 13.1. The molecule has 2 N–H and O–H groups in total. The Balaban J connectivity index is 1.95. The van der Waals surface area contributed by atoms with Gasteiger partial charge >= 0.3 is 6.18 Å². The first-order valence-corrected chi connectivity index (χ1v) is 8.50. The summed E-state index contributed by atoms with van der Waals surface area (Å²) in [5.74, 6) is -0.0702. The Morgan fingerprint density at radius 1 is 1.07 bits per heavy atom. The fraction of sp³-hybridized carbons (Fsp3) is 0.105. The molecule has 0 saturated heterocycles. The number of ether oxygens (including phenoxy) is 1. The van der Waals surface area contributed by atoms with Crippen molar-refractivity contribution >= 4 is 17.1 Å². The first kappa shape index (κ1) is 19.3. The number of nitrogens with two attached hydrogens (primary N) is 1. The van der Waals surface area contributed by atoms with E-state index in [9.17, 15) is 18.0 Å². The van der Waals surface area contributed by atoms with Crippen LogP contribution in [0.3, 0.4) is 0 Å². The highest BCUT2D eigenvalue weighted by Gasteiger charge is 2.32. The van der Waals surface area contributed by atoms with Crippen molar-refractivity contribution in [3.8, 4) is 23.1 Å². The number of carbonyl (C=O) groups excluding carboxylic acids is 1. The lowest BCUT2D eigenvalue weighted by molar-refractivity contribution is -0.137. The molecule has 0 saturated carbocycles. The topological polar surface area (TPSA) is 109 Å². The predicted octanol–water partition coefficient (Wildman–Crippen LogP) is 3.00. The van der Waals surface area contributed by atoms with E-state index in [1.54, 1.807) is 12.1 Å². The standard InChI is InChI=1S/C19H13F3N6O2/c1-30-15-5-3-12(9-25-15)28-17-14(6-11(8-26-17)19(20,21)22)27-18(28)13-4-2-10(7-24-13)16(23)29/h2-9H,1H3,(H2,23,29). The van der Waals surface area contributed by atoms with Crippen molar-refractivity contribution in [3.05, 3.63) is 60.0 Å². The molecule has 0 fully saturated rings. The van der Waals surface area contributed by atoms with Gasteiger partial charge < -0.3 is 10.5 Å². The van der Waals surface area contributed by atoms with Crippen LogP contribution >= 0.6 is 0 Å². The van der Waals surface area contributed by atoms with Gasteiger partial charge in [0, 0.05) is 18.5 Å². The van der Waals surface area contributed by atoms with Crippen LogP contribution in [0.5, 0.6) is 5.88 Å². The van der Waals surface area contributed by atoms with Gasteiger partial charge in [0.2, 0.25) is 11.8 Å². The number of hydrogen-bond acceptors (Lipinski definition) is 6. The lowest BCUT2D eigenvalue weighted by atomic mass is 10.2. The van der Waals surface area contributed by atoms with E-state index in [-0.39, 0.29) is 22.6 Å². The summed E-state index contributed by atoms with van der Waals surface area (Å²) in [5.41, 5.74) is 5.50. The van der Waals surface area contributed by atoms with Gasteiger partial charge in [-0.15, -0.1) is 0 Å². The molecule has 0 aromatic carbocycles. The third kappa shape index (κ3) is 3.41. The molecule has 0 spiro atoms. The van der Waals surface area contributed by atoms with Crippen LogP contribution < -0.4 is 10.5 Å². The van der Waals surface area contributed by atoms with Gasteiger partial charge in [0.15, 0.2) is 11.5 Å². The maximum Gasteiger partial charge on any atom is 0.417 e. The number of pyridine rings is 3. The fourth-order valence-corrected chi connectivity index (χ4v) is 2.83. The van der Waals surface area contributed by atoms with Crippen molar-refractivity contribution in [1.29, 1.82) is 0 Å². The second-order valence-electron chi connectivity index (χ2n) is 6.19. The molecule has 4 rings (SSSR count). The van der Waals surface area contributed by atoms with Gasteiger partial charge in [-0.2, -0.15) is 13.2 Å². The molecule has 30 heavy (non-hydrogen) atoms. The minimum Gasteiger partial charge on any atom is -0.481 e. The minimum atomic E-state index is -4.56. The Morgan fingerprint density at radius 3 is 2.43 bits per heavy atom. The smallest absolute Gasteiger partial charge is 0.417 e. The summed E-state index contributed by atoms with van der Waals surface area (Å²) in [7, 11) is 1.46. The van der Waals surface area contributed by atoms with E-state index < -0.39 is 17.6 Å². The van der Waals surface area contributed by atoms with Crippen molar-refractivity contribution in [2.45, 2.75) is 6.18 Å². The number of halogens is 3. The molecule has 8 nitrogen and oxygen atoms in total. The van der Waals surface area contributed by atoms with E-state index in [0.29, 0.717) is 17.3 Å². The molecule has 0 unspecified atom stereocenters. The number of imidazole rings is 1. The van der Waals surface area contributed by atoms with Crippen molar-refractivity contribution in [3.63, 3.8) is 0 Å². The normalized spacial score (nSPS) is 11.6. The van der Waals surface area contributed by atoms with Gasteiger partial charge in [0.25, 0.3) is 0 Å². The van der Waals surface area contributed by atoms with Crippen LogP contribution in [0.2, 0.25) is 0 Å². The summed E-state index contributed by atoms with van der Waals surface area (Å²) in [4.78, 5) is 27.9. The zero-order valence-electron chi connectivity index (χ0n) is 15.4. The Morgan fingerprint density at radius 2 is 1.87 bits per heavy atom. The summed E-state index contributed by atoms with van der Waals surface area (Å²) in [6.07, 6.45) is -1.08. The van der Waals surface area contributed by atoms with Crippen molar-refractivity contribution in [2.24, 2.45) is 5.73 Å². The highest BCUT2D eigenvalue weighted by molar-refractivity contribution is 5.92. The number of primary amides is 1. The zero-order valence-corrected chi connectivity index (χ0v) is 15.4. The van der Waals surface area contributed by atoms with Crippen LogP contribution in [0.4, 0.5) is 13.2 Å². The second kappa shape index (κ2) is 7.10. The maximum atomic E-state index is 13.1. The highest BCUT2D eigenvalue weighted by Crippen LogP contribution is 2.33. The molecule has 0 radical (unpaired) electrons. The Labute approximate surface area is 167 Å². The molecule has 0 aliphatic rings. The third-order valence-electron chi connectivity index (χ3n) is 4.29. The largest absolute Gasteiger partial charge is 0.481 e. The first-order chi connectivity index (χ1) is 14.3. The number of aromatic nitrogens is 5. The summed E-state index contributed by atoms with van der Waals surface area (Å²) in [5, 5.41) is 0. The van der Waals surface area contributed by atoms with Gasteiger partial charge in [-0.25, -0.2) is 15.0 Å². The number of methoxy groups -OCH3 is 1. The average molecular weight is 414 g/mol. The van der Waals surface area contributed by atoms with E-state index in [2.05, 4.69) is 19.9 Å². The highest BCUT2D eigenvalue weighted by atomic mass is 19.4. The molecule has 4 heterocycles. The first-order valence-electron chi connectivity index (χ1n) is 8.50. The van der Waals surface area contributed by atoms with Crippen LogP contribution in [-0.4, -0.2) is 37.5 Å². The number of amides is 1. The lowest BCUT2D eigenvalue weighted by Gasteiger charge is -2.09.